The Kier molecular flexibility index (Phi) is 6.29. The number of halogens is 3. The van der Waals surface area contributed by atoms with Crippen molar-refractivity contribution in [2.75, 3.05) is 11.9 Å². The molecule has 0 amide bonds. The number of anilines is 1. The summed E-state index contributed by atoms with van der Waals surface area (Å²) in [6.45, 7) is 0.372. The summed E-state index contributed by atoms with van der Waals surface area (Å²) in [7, 11) is 0. The molecule has 8 nitrogen and oxygen atoms in total. The van der Waals surface area contributed by atoms with Crippen molar-refractivity contribution < 1.29 is 23.0 Å². The van der Waals surface area contributed by atoms with Crippen LogP contribution in [-0.2, 0) is 6.54 Å². The monoisotopic (exact) mass is 461 g/mol. The molecule has 11 heteroatoms. The summed E-state index contributed by atoms with van der Waals surface area (Å²) in [5.41, 5.74) is 0.460. The molecule has 33 heavy (non-hydrogen) atoms. The van der Waals surface area contributed by atoms with E-state index >= 15 is 0 Å². The van der Waals surface area contributed by atoms with Gasteiger partial charge in [0.1, 0.15) is 11.3 Å². The highest BCUT2D eigenvalue weighted by molar-refractivity contribution is 5.71. The van der Waals surface area contributed by atoms with Crippen LogP contribution in [0.5, 0.6) is 5.75 Å². The molecule has 2 aromatic heterocycles. The zero-order valence-corrected chi connectivity index (χ0v) is 17.5. The van der Waals surface area contributed by atoms with Crippen molar-refractivity contribution in [3.63, 3.8) is 0 Å². The van der Waals surface area contributed by atoms with Crippen LogP contribution in [0.2, 0.25) is 0 Å². The normalized spacial score (nSPS) is 18.8. The van der Waals surface area contributed by atoms with Crippen molar-refractivity contribution in [2.24, 2.45) is 5.92 Å². The summed E-state index contributed by atoms with van der Waals surface area (Å²) in [5, 5.41) is 12.8. The molecule has 1 saturated carbocycles. The van der Waals surface area contributed by atoms with Crippen molar-refractivity contribution in [1.29, 1.82) is 0 Å². The molecule has 1 aliphatic carbocycles. The van der Waals surface area contributed by atoms with Crippen molar-refractivity contribution in [3.8, 4) is 18.1 Å². The number of aliphatic hydroxyl groups is 1. The molecule has 3 aromatic rings. The maximum atomic E-state index is 12.8. The number of hydrogen-bond acceptors (Lipinski definition) is 6. The number of nitrogens with one attached hydrogen (secondary N) is 2. The number of terminal acetylenes is 1. The number of aromatic nitrogens is 4. The van der Waals surface area contributed by atoms with E-state index < -0.39 is 17.8 Å². The van der Waals surface area contributed by atoms with Gasteiger partial charge in [0.2, 0.25) is 5.95 Å². The number of imidazole rings is 1. The number of rotatable bonds is 6. The van der Waals surface area contributed by atoms with Crippen LogP contribution in [0.1, 0.15) is 36.8 Å². The van der Waals surface area contributed by atoms with Crippen LogP contribution in [0.25, 0.3) is 11.2 Å². The van der Waals surface area contributed by atoms with Crippen LogP contribution < -0.4 is 15.7 Å². The van der Waals surface area contributed by atoms with E-state index in [1.807, 2.05) is 0 Å². The molecule has 3 N–H and O–H groups in total. The molecule has 0 radical (unpaired) electrons. The van der Waals surface area contributed by atoms with Crippen molar-refractivity contribution in [2.45, 2.75) is 44.7 Å². The number of aliphatic hydroxyl groups excluding tert-OH is 1. The van der Waals surface area contributed by atoms with Gasteiger partial charge in [-0.15, -0.1) is 19.6 Å². The second-order valence-corrected chi connectivity index (χ2v) is 8.02. The molecule has 0 saturated heterocycles. The number of ether oxygens (including phenoxy) is 1. The van der Waals surface area contributed by atoms with Crippen LogP contribution >= 0.6 is 0 Å². The number of H-pyrrole nitrogens is 1. The van der Waals surface area contributed by atoms with Gasteiger partial charge in [-0.3, -0.25) is 4.57 Å². The van der Waals surface area contributed by atoms with Gasteiger partial charge in [0.05, 0.1) is 18.8 Å². The standard InChI is InChI=1S/C22H22F3N5O3/c1-2-13-5-8-18(33-22(23,24)25)15(9-13)12-30-19-17(28-21(30)32)11-27-20(29-19)26-10-14-3-6-16(31)7-4-14/h1,5,8-9,11,14,16,31H,3-4,6-7,10,12H2,(H,28,32)(H,26,27,29)/t14-,16+. The largest absolute Gasteiger partial charge is 0.573 e. The van der Waals surface area contributed by atoms with Crippen molar-refractivity contribution in [1.82, 2.24) is 19.5 Å². The number of benzene rings is 1. The van der Waals surface area contributed by atoms with E-state index in [2.05, 4.69) is 30.9 Å². The molecule has 2 heterocycles. The SMILES string of the molecule is C#Cc1ccc(OC(F)(F)F)c(Cn2c(=O)[nH]c3cnc(NC[C@H]4CC[C@@H](O)CC4)nc32)c1. The first-order chi connectivity index (χ1) is 15.7. The fraction of sp³-hybridized carbons (Fsp3) is 0.409. The summed E-state index contributed by atoms with van der Waals surface area (Å²) >= 11 is 0. The summed E-state index contributed by atoms with van der Waals surface area (Å²) in [6.07, 6.45) is 4.96. The molecule has 0 spiro atoms. The van der Waals surface area contributed by atoms with E-state index in [9.17, 15) is 23.1 Å². The molecule has 0 bridgehead atoms. The summed E-state index contributed by atoms with van der Waals surface area (Å²) in [5.74, 6) is 2.58. The fourth-order valence-electron chi connectivity index (χ4n) is 3.95. The minimum absolute atomic E-state index is 0.0830. The first kappa shape index (κ1) is 22.7. The first-order valence-corrected chi connectivity index (χ1v) is 10.4. The van der Waals surface area contributed by atoms with E-state index in [0.29, 0.717) is 29.5 Å². The topological polar surface area (TPSA) is 105 Å². The van der Waals surface area contributed by atoms with Crippen LogP contribution in [0.4, 0.5) is 19.1 Å². The lowest BCUT2D eigenvalue weighted by atomic mass is 9.87. The lowest BCUT2D eigenvalue weighted by Gasteiger charge is -2.25. The summed E-state index contributed by atoms with van der Waals surface area (Å²) < 4.78 is 43.9. The molecule has 0 unspecified atom stereocenters. The van der Waals surface area contributed by atoms with Gasteiger partial charge in [0.25, 0.3) is 0 Å². The third-order valence-electron chi connectivity index (χ3n) is 5.66. The molecule has 0 atom stereocenters. The van der Waals surface area contributed by atoms with E-state index in [0.717, 1.165) is 31.7 Å². The fourth-order valence-corrected chi connectivity index (χ4v) is 3.95. The molecule has 174 valence electrons. The quantitative estimate of drug-likeness (QED) is 0.488. The summed E-state index contributed by atoms with van der Waals surface area (Å²) in [4.78, 5) is 23.7. The highest BCUT2D eigenvalue weighted by Crippen LogP contribution is 2.28. The Morgan fingerprint density at radius 3 is 2.76 bits per heavy atom. The molecular formula is C22H22F3N5O3. The van der Waals surface area contributed by atoms with Gasteiger partial charge in [-0.05, 0) is 49.8 Å². The van der Waals surface area contributed by atoms with Crippen LogP contribution in [0.15, 0.2) is 29.2 Å². The van der Waals surface area contributed by atoms with Gasteiger partial charge in [-0.1, -0.05) is 5.92 Å². The average Bonchev–Trinajstić information content (AvgIpc) is 3.08. The minimum Gasteiger partial charge on any atom is -0.405 e. The Morgan fingerprint density at radius 1 is 1.30 bits per heavy atom. The van der Waals surface area contributed by atoms with E-state index in [4.69, 9.17) is 6.42 Å². The zero-order chi connectivity index (χ0) is 23.6. The molecule has 0 aliphatic heterocycles. The Morgan fingerprint density at radius 2 is 2.06 bits per heavy atom. The Balaban J connectivity index is 1.60. The van der Waals surface area contributed by atoms with Gasteiger partial charge in [0, 0.05) is 17.7 Å². The van der Waals surface area contributed by atoms with Crippen LogP contribution in [0.3, 0.4) is 0 Å². The second kappa shape index (κ2) is 9.15. The number of alkyl halides is 3. The first-order valence-electron chi connectivity index (χ1n) is 10.4. The Labute approximate surface area is 186 Å². The average molecular weight is 461 g/mol. The zero-order valence-electron chi connectivity index (χ0n) is 17.5. The Hall–Kier alpha value is -3.52. The van der Waals surface area contributed by atoms with Gasteiger partial charge >= 0.3 is 12.1 Å². The molecule has 1 aromatic carbocycles. The molecule has 1 fully saturated rings. The predicted molar refractivity (Wildman–Crippen MR) is 115 cm³/mol. The van der Waals surface area contributed by atoms with Crippen molar-refractivity contribution >= 4 is 17.1 Å². The number of aromatic amines is 1. The van der Waals surface area contributed by atoms with Crippen molar-refractivity contribution in [3.05, 3.63) is 46.0 Å². The van der Waals surface area contributed by atoms with Gasteiger partial charge in [-0.25, -0.2) is 9.78 Å². The number of fused-ring (bicyclic) bond motifs is 1. The summed E-state index contributed by atoms with van der Waals surface area (Å²) in [6, 6.07) is 3.82. The van der Waals surface area contributed by atoms with Gasteiger partial charge in [-0.2, -0.15) is 4.98 Å². The molecular weight excluding hydrogens is 439 g/mol. The number of nitrogens with zero attached hydrogens (tertiary/aromatic N) is 3. The second-order valence-electron chi connectivity index (χ2n) is 8.02. The van der Waals surface area contributed by atoms with Crippen LogP contribution in [-0.4, -0.2) is 43.6 Å². The van der Waals surface area contributed by atoms with Gasteiger partial charge < -0.3 is 20.1 Å². The highest BCUT2D eigenvalue weighted by atomic mass is 19.4. The smallest absolute Gasteiger partial charge is 0.405 e. The maximum absolute atomic E-state index is 12.8. The maximum Gasteiger partial charge on any atom is 0.573 e. The molecule has 4 rings (SSSR count). The minimum atomic E-state index is -4.90. The van der Waals surface area contributed by atoms with Gasteiger partial charge in [0.15, 0.2) is 5.65 Å². The Bertz CT molecular complexity index is 1240. The number of hydrogen-bond donors (Lipinski definition) is 3. The van der Waals surface area contributed by atoms with E-state index in [1.54, 1.807) is 0 Å². The highest BCUT2D eigenvalue weighted by Gasteiger charge is 2.32. The van der Waals surface area contributed by atoms with E-state index in [1.165, 1.54) is 22.9 Å². The third-order valence-corrected chi connectivity index (χ3v) is 5.66. The predicted octanol–water partition coefficient (Wildman–Crippen LogP) is 3.01. The van der Waals surface area contributed by atoms with Crippen LogP contribution in [0, 0.1) is 18.3 Å². The molecule has 1 aliphatic rings. The lowest BCUT2D eigenvalue weighted by Crippen LogP contribution is -2.24. The lowest BCUT2D eigenvalue weighted by molar-refractivity contribution is -0.274. The third kappa shape index (κ3) is 5.46. The van der Waals surface area contributed by atoms with E-state index in [-0.39, 0.29) is 23.9 Å².